The summed E-state index contributed by atoms with van der Waals surface area (Å²) in [6, 6.07) is -0.841. The van der Waals surface area contributed by atoms with E-state index in [0.29, 0.717) is 70.6 Å². The highest BCUT2D eigenvalue weighted by Gasteiger charge is 2.28. The lowest BCUT2D eigenvalue weighted by Crippen LogP contribution is -2.45. The molecule has 1 rings (SSSR count). The molecule has 2 amide bonds. The molecule has 1 atom stereocenters. The molecule has 1 aliphatic heterocycles. The second-order valence-electron chi connectivity index (χ2n) is 11.2. The number of amides is 2. The molecule has 0 saturated carbocycles. The van der Waals surface area contributed by atoms with Crippen LogP contribution in [-0.2, 0) is 19.1 Å². The largest absolute Gasteiger partial charge is 0.480 e. The zero-order chi connectivity index (χ0) is 27.0. The number of ether oxygens (including phenoxy) is 1. The molecule has 1 aliphatic rings. The van der Waals surface area contributed by atoms with Crippen LogP contribution >= 0.6 is 0 Å². The number of rotatable bonds is 19. The molecule has 1 unspecified atom stereocenters. The standard InChI is InChI=1S/C27H52N4O5/c1-5-18-36-21-27(2,3)20-31(19-22-13-16-30(4)17-14-22)25(33)12-7-6-11-24(32)29-15-9-8-10-23(28)26(34)35/h22-23H,5-21,28H2,1-4H3,(H,29,32)(H,34,35). The monoisotopic (exact) mass is 512 g/mol. The Morgan fingerprint density at radius 2 is 1.81 bits per heavy atom. The number of nitrogens with zero attached hydrogens (tertiary/aromatic N) is 2. The second kappa shape index (κ2) is 17.7. The minimum atomic E-state index is -0.994. The summed E-state index contributed by atoms with van der Waals surface area (Å²) in [7, 11) is 2.15. The van der Waals surface area contributed by atoms with Crippen molar-refractivity contribution in [3.8, 4) is 0 Å². The van der Waals surface area contributed by atoms with Crippen LogP contribution in [0.1, 0.15) is 85.0 Å². The van der Waals surface area contributed by atoms with E-state index in [1.54, 1.807) is 0 Å². The summed E-state index contributed by atoms with van der Waals surface area (Å²) < 4.78 is 5.81. The van der Waals surface area contributed by atoms with E-state index in [4.69, 9.17) is 15.6 Å². The number of carbonyl (C=O) groups excluding carboxylic acids is 2. The summed E-state index contributed by atoms with van der Waals surface area (Å²) in [6.45, 7) is 12.0. The van der Waals surface area contributed by atoms with Crippen LogP contribution in [0.3, 0.4) is 0 Å². The molecule has 9 heteroatoms. The molecule has 4 N–H and O–H groups in total. The number of likely N-dealkylation sites (tertiary alicyclic amines) is 1. The van der Waals surface area contributed by atoms with Crippen molar-refractivity contribution < 1.29 is 24.2 Å². The molecule has 0 spiro atoms. The number of unbranched alkanes of at least 4 members (excludes halogenated alkanes) is 2. The maximum atomic E-state index is 13.2. The summed E-state index contributed by atoms with van der Waals surface area (Å²) in [6.07, 6.45) is 7.22. The van der Waals surface area contributed by atoms with Gasteiger partial charge >= 0.3 is 5.97 Å². The molecular weight excluding hydrogens is 460 g/mol. The van der Waals surface area contributed by atoms with Gasteiger partial charge in [0, 0.05) is 44.5 Å². The molecule has 0 radical (unpaired) electrons. The van der Waals surface area contributed by atoms with E-state index in [2.05, 4.69) is 38.0 Å². The second-order valence-corrected chi connectivity index (χ2v) is 11.2. The summed E-state index contributed by atoms with van der Waals surface area (Å²) in [4.78, 5) is 40.4. The summed E-state index contributed by atoms with van der Waals surface area (Å²) >= 11 is 0. The molecule has 36 heavy (non-hydrogen) atoms. The van der Waals surface area contributed by atoms with Crippen molar-refractivity contribution in [2.24, 2.45) is 17.1 Å². The predicted molar refractivity (Wildman–Crippen MR) is 143 cm³/mol. The van der Waals surface area contributed by atoms with Gasteiger partial charge in [0.25, 0.3) is 0 Å². The van der Waals surface area contributed by atoms with Crippen molar-refractivity contribution in [2.75, 3.05) is 53.0 Å². The SMILES string of the molecule is CCCOCC(C)(C)CN(CC1CCN(C)CC1)C(=O)CCCCC(=O)NCCCCC(N)C(=O)O. The first kappa shape index (κ1) is 32.3. The number of piperidine rings is 1. The van der Waals surface area contributed by atoms with Gasteiger partial charge in [0.15, 0.2) is 0 Å². The average molecular weight is 513 g/mol. The van der Waals surface area contributed by atoms with Crippen LogP contribution in [-0.4, -0.2) is 91.7 Å². The van der Waals surface area contributed by atoms with Gasteiger partial charge in [-0.05, 0) is 77.4 Å². The van der Waals surface area contributed by atoms with Crippen molar-refractivity contribution >= 4 is 17.8 Å². The lowest BCUT2D eigenvalue weighted by atomic mass is 9.91. The van der Waals surface area contributed by atoms with Gasteiger partial charge in [-0.1, -0.05) is 20.8 Å². The minimum absolute atomic E-state index is 0.0256. The minimum Gasteiger partial charge on any atom is -0.480 e. The van der Waals surface area contributed by atoms with E-state index >= 15 is 0 Å². The Hall–Kier alpha value is -1.71. The van der Waals surface area contributed by atoms with Gasteiger partial charge < -0.3 is 30.7 Å². The zero-order valence-corrected chi connectivity index (χ0v) is 23.2. The lowest BCUT2D eigenvalue weighted by molar-refractivity contribution is -0.138. The molecule has 0 aromatic heterocycles. The van der Waals surface area contributed by atoms with Gasteiger partial charge in [-0.2, -0.15) is 0 Å². The van der Waals surface area contributed by atoms with E-state index in [-0.39, 0.29) is 17.2 Å². The number of hydrogen-bond acceptors (Lipinski definition) is 6. The number of carboxylic acids is 1. The summed E-state index contributed by atoms with van der Waals surface area (Å²) in [5.41, 5.74) is 5.37. The van der Waals surface area contributed by atoms with Crippen LogP contribution in [0.5, 0.6) is 0 Å². The van der Waals surface area contributed by atoms with Crippen molar-refractivity contribution in [1.29, 1.82) is 0 Å². The van der Waals surface area contributed by atoms with Gasteiger partial charge in [0.05, 0.1) is 6.61 Å². The molecular formula is C27H52N4O5. The smallest absolute Gasteiger partial charge is 0.320 e. The third-order valence-corrected chi connectivity index (χ3v) is 6.76. The average Bonchev–Trinajstić information content (AvgIpc) is 2.82. The number of nitrogens with two attached hydrogens (primary N) is 1. The van der Waals surface area contributed by atoms with Crippen LogP contribution in [0.2, 0.25) is 0 Å². The molecule has 0 aromatic carbocycles. The topological polar surface area (TPSA) is 125 Å². The predicted octanol–water partition coefficient (Wildman–Crippen LogP) is 2.87. The Morgan fingerprint density at radius 3 is 2.44 bits per heavy atom. The summed E-state index contributed by atoms with van der Waals surface area (Å²) in [5, 5.41) is 11.7. The van der Waals surface area contributed by atoms with E-state index in [1.165, 1.54) is 0 Å². The van der Waals surface area contributed by atoms with Gasteiger partial charge in [-0.25, -0.2) is 0 Å². The van der Waals surface area contributed by atoms with Crippen LogP contribution in [0.25, 0.3) is 0 Å². The Kier molecular flexibility index (Phi) is 15.9. The molecule has 0 bridgehead atoms. The third kappa shape index (κ3) is 14.8. The van der Waals surface area contributed by atoms with Crippen LogP contribution in [0.4, 0.5) is 0 Å². The third-order valence-electron chi connectivity index (χ3n) is 6.76. The fourth-order valence-corrected chi connectivity index (χ4v) is 4.51. The molecule has 1 fully saturated rings. The van der Waals surface area contributed by atoms with Crippen molar-refractivity contribution in [3.63, 3.8) is 0 Å². The van der Waals surface area contributed by atoms with Crippen LogP contribution in [0.15, 0.2) is 0 Å². The van der Waals surface area contributed by atoms with E-state index in [1.807, 2.05) is 4.90 Å². The number of carbonyl (C=O) groups is 3. The molecule has 0 aromatic rings. The number of nitrogens with one attached hydrogen (secondary N) is 1. The van der Waals surface area contributed by atoms with Gasteiger partial charge in [-0.3, -0.25) is 14.4 Å². The Balaban J connectivity index is 2.41. The fraction of sp³-hybridized carbons (Fsp3) is 0.889. The maximum absolute atomic E-state index is 13.2. The van der Waals surface area contributed by atoms with E-state index in [0.717, 1.165) is 45.5 Å². The Bertz CT molecular complexity index is 650. The van der Waals surface area contributed by atoms with Crippen molar-refractivity contribution in [1.82, 2.24) is 15.1 Å². The zero-order valence-electron chi connectivity index (χ0n) is 23.2. The van der Waals surface area contributed by atoms with Crippen molar-refractivity contribution in [3.05, 3.63) is 0 Å². The first-order valence-electron chi connectivity index (χ1n) is 13.8. The first-order chi connectivity index (χ1) is 17.0. The Labute approximate surface area is 218 Å². The van der Waals surface area contributed by atoms with Gasteiger partial charge in [0.1, 0.15) is 6.04 Å². The highest BCUT2D eigenvalue weighted by molar-refractivity contribution is 5.77. The summed E-state index contributed by atoms with van der Waals surface area (Å²) in [5.74, 6) is -0.310. The first-order valence-corrected chi connectivity index (χ1v) is 13.8. The number of aliphatic carboxylic acids is 1. The van der Waals surface area contributed by atoms with Crippen LogP contribution in [0, 0.1) is 11.3 Å². The number of hydrogen-bond donors (Lipinski definition) is 3. The number of carboxylic acid groups (broad SMARTS) is 1. The fourth-order valence-electron chi connectivity index (χ4n) is 4.51. The Morgan fingerprint density at radius 1 is 1.14 bits per heavy atom. The quantitative estimate of drug-likeness (QED) is 0.227. The normalized spacial score (nSPS) is 16.0. The molecule has 9 nitrogen and oxygen atoms in total. The molecule has 1 heterocycles. The van der Waals surface area contributed by atoms with E-state index < -0.39 is 12.0 Å². The van der Waals surface area contributed by atoms with E-state index in [9.17, 15) is 14.4 Å². The highest BCUT2D eigenvalue weighted by atomic mass is 16.5. The van der Waals surface area contributed by atoms with Gasteiger partial charge in [-0.15, -0.1) is 0 Å². The molecule has 210 valence electrons. The highest BCUT2D eigenvalue weighted by Crippen LogP contribution is 2.23. The van der Waals surface area contributed by atoms with Gasteiger partial charge in [0.2, 0.25) is 11.8 Å². The molecule has 0 aliphatic carbocycles. The lowest BCUT2D eigenvalue weighted by Gasteiger charge is -2.37. The van der Waals surface area contributed by atoms with Crippen molar-refractivity contribution in [2.45, 2.75) is 91.0 Å². The van der Waals surface area contributed by atoms with Crippen LogP contribution < -0.4 is 11.1 Å². The maximum Gasteiger partial charge on any atom is 0.320 e. The molecule has 1 saturated heterocycles.